The zero-order chi connectivity index (χ0) is 10.1. The summed E-state index contributed by atoms with van der Waals surface area (Å²) in [5.74, 6) is 2.05. The Morgan fingerprint density at radius 2 is 2.21 bits per heavy atom. The van der Waals surface area contributed by atoms with Gasteiger partial charge in [-0.1, -0.05) is 41.1 Å². The van der Waals surface area contributed by atoms with Crippen molar-refractivity contribution >= 4 is 15.9 Å². The minimum absolute atomic E-state index is 0.774. The van der Waals surface area contributed by atoms with Gasteiger partial charge in [-0.15, -0.1) is 6.58 Å². The van der Waals surface area contributed by atoms with Crippen molar-refractivity contribution in [2.45, 2.75) is 25.7 Å². The van der Waals surface area contributed by atoms with Crippen LogP contribution >= 0.6 is 15.9 Å². The molecule has 73 valence electrons. The van der Waals surface area contributed by atoms with Gasteiger partial charge in [0.15, 0.2) is 0 Å². The average Bonchev–Trinajstić information content (AvgIpc) is 3.00. The van der Waals surface area contributed by atoms with Gasteiger partial charge in [-0.25, -0.2) is 0 Å². The molecule has 0 saturated heterocycles. The minimum Gasteiger partial charge on any atom is -0.102 e. The van der Waals surface area contributed by atoms with E-state index in [0.717, 1.165) is 5.92 Å². The molecule has 0 N–H and O–H groups in total. The standard InChI is InChI=1S/C13H14Br/c1-3-9(2)11-5-4-6-12(14)13(11)10-7-8-10/h3-6,10H,1,7-8H2,2H3. The van der Waals surface area contributed by atoms with E-state index in [4.69, 9.17) is 0 Å². The van der Waals surface area contributed by atoms with Crippen LogP contribution in [0.2, 0.25) is 0 Å². The van der Waals surface area contributed by atoms with E-state index in [0.29, 0.717) is 0 Å². The number of benzene rings is 1. The summed E-state index contributed by atoms with van der Waals surface area (Å²) in [5, 5.41) is 0. The van der Waals surface area contributed by atoms with Crippen LogP contribution in [0.1, 0.15) is 36.8 Å². The molecule has 1 aliphatic rings. The highest BCUT2D eigenvalue weighted by molar-refractivity contribution is 9.10. The molecule has 2 rings (SSSR count). The first-order valence-corrected chi connectivity index (χ1v) is 5.78. The molecule has 1 aromatic rings. The zero-order valence-corrected chi connectivity index (χ0v) is 9.97. The van der Waals surface area contributed by atoms with Crippen molar-refractivity contribution < 1.29 is 0 Å². The summed E-state index contributed by atoms with van der Waals surface area (Å²) in [4.78, 5) is 0. The fourth-order valence-electron chi connectivity index (χ4n) is 1.78. The second kappa shape index (κ2) is 3.90. The maximum absolute atomic E-state index is 3.84. The Labute approximate surface area is 94.2 Å². The van der Waals surface area contributed by atoms with Crippen LogP contribution in [0, 0.1) is 5.92 Å². The lowest BCUT2D eigenvalue weighted by Crippen LogP contribution is -1.97. The van der Waals surface area contributed by atoms with Crippen molar-refractivity contribution in [1.82, 2.24) is 0 Å². The highest BCUT2D eigenvalue weighted by Gasteiger charge is 2.28. The fraction of sp³-hybridized carbons (Fsp3) is 0.308. The van der Waals surface area contributed by atoms with Crippen LogP contribution < -0.4 is 0 Å². The average molecular weight is 250 g/mol. The number of hydrogen-bond donors (Lipinski definition) is 0. The van der Waals surface area contributed by atoms with Gasteiger partial charge >= 0.3 is 0 Å². The maximum atomic E-state index is 3.84. The summed E-state index contributed by atoms with van der Waals surface area (Å²) in [6, 6.07) is 6.42. The van der Waals surface area contributed by atoms with Crippen molar-refractivity contribution in [2.24, 2.45) is 0 Å². The van der Waals surface area contributed by atoms with E-state index in [1.807, 2.05) is 6.08 Å². The van der Waals surface area contributed by atoms with Gasteiger partial charge in [0, 0.05) is 10.4 Å². The van der Waals surface area contributed by atoms with Gasteiger partial charge in [0.25, 0.3) is 0 Å². The second-order valence-electron chi connectivity index (χ2n) is 3.86. The van der Waals surface area contributed by atoms with Crippen molar-refractivity contribution in [3.63, 3.8) is 0 Å². The van der Waals surface area contributed by atoms with E-state index in [9.17, 15) is 0 Å². The molecule has 1 aliphatic carbocycles. The van der Waals surface area contributed by atoms with E-state index >= 15 is 0 Å². The predicted octanol–water partition coefficient (Wildman–Crippen LogP) is 4.45. The number of allylic oxidation sites excluding steroid dienone is 1. The Balaban J connectivity index is 2.46. The van der Waals surface area contributed by atoms with Crippen molar-refractivity contribution in [3.8, 4) is 0 Å². The number of hydrogen-bond acceptors (Lipinski definition) is 0. The third-order valence-electron chi connectivity index (χ3n) is 2.77. The molecule has 0 spiro atoms. The number of rotatable bonds is 3. The molecule has 0 aliphatic heterocycles. The van der Waals surface area contributed by atoms with Gasteiger partial charge in [0.05, 0.1) is 0 Å². The molecule has 0 unspecified atom stereocenters. The van der Waals surface area contributed by atoms with E-state index in [1.54, 1.807) is 0 Å². The third kappa shape index (κ3) is 1.78. The lowest BCUT2D eigenvalue weighted by atomic mass is 9.93. The molecule has 1 saturated carbocycles. The van der Waals surface area contributed by atoms with Crippen LogP contribution in [-0.4, -0.2) is 0 Å². The quantitative estimate of drug-likeness (QED) is 0.743. The Morgan fingerprint density at radius 3 is 2.79 bits per heavy atom. The van der Waals surface area contributed by atoms with Gasteiger partial charge in [-0.05, 0) is 36.0 Å². The van der Waals surface area contributed by atoms with Crippen LogP contribution in [0.15, 0.2) is 35.3 Å². The van der Waals surface area contributed by atoms with Gasteiger partial charge in [0.1, 0.15) is 0 Å². The molecule has 1 heteroatoms. The molecule has 1 fully saturated rings. The molecule has 0 amide bonds. The van der Waals surface area contributed by atoms with Gasteiger partial charge < -0.3 is 0 Å². The van der Waals surface area contributed by atoms with Crippen molar-refractivity contribution in [3.05, 3.63) is 52.4 Å². The Kier molecular flexibility index (Phi) is 2.78. The van der Waals surface area contributed by atoms with Crippen LogP contribution in [0.25, 0.3) is 0 Å². The minimum atomic E-state index is 0.774. The first-order chi connectivity index (χ1) is 6.74. The van der Waals surface area contributed by atoms with E-state index < -0.39 is 0 Å². The Morgan fingerprint density at radius 1 is 1.50 bits per heavy atom. The largest absolute Gasteiger partial charge is 0.102 e. The Hall–Kier alpha value is -0.560. The van der Waals surface area contributed by atoms with E-state index in [-0.39, 0.29) is 0 Å². The van der Waals surface area contributed by atoms with Gasteiger partial charge in [-0.2, -0.15) is 0 Å². The predicted molar refractivity (Wildman–Crippen MR) is 64.3 cm³/mol. The maximum Gasteiger partial charge on any atom is 0.0233 e. The van der Waals surface area contributed by atoms with Crippen LogP contribution in [0.4, 0.5) is 0 Å². The summed E-state index contributed by atoms with van der Waals surface area (Å²) in [6.07, 6.45) is 4.60. The summed E-state index contributed by atoms with van der Waals surface area (Å²) in [6.45, 7) is 5.96. The molecular formula is C13H14Br. The third-order valence-corrected chi connectivity index (χ3v) is 3.46. The second-order valence-corrected chi connectivity index (χ2v) is 4.72. The number of halogens is 1. The van der Waals surface area contributed by atoms with Crippen LogP contribution in [-0.2, 0) is 0 Å². The molecule has 0 heterocycles. The van der Waals surface area contributed by atoms with Crippen LogP contribution in [0.3, 0.4) is 0 Å². The molecule has 1 radical (unpaired) electrons. The smallest absolute Gasteiger partial charge is 0.0233 e. The van der Waals surface area contributed by atoms with E-state index in [1.165, 1.54) is 34.4 Å². The summed E-state index contributed by atoms with van der Waals surface area (Å²) >= 11 is 3.64. The molecular weight excluding hydrogens is 236 g/mol. The summed E-state index contributed by atoms with van der Waals surface area (Å²) in [7, 11) is 0. The molecule has 0 bridgehead atoms. The lowest BCUT2D eigenvalue weighted by molar-refractivity contribution is 1.06. The zero-order valence-electron chi connectivity index (χ0n) is 8.39. The van der Waals surface area contributed by atoms with Crippen molar-refractivity contribution in [2.75, 3.05) is 0 Å². The van der Waals surface area contributed by atoms with E-state index in [2.05, 4.69) is 47.6 Å². The molecule has 0 aromatic heterocycles. The SMILES string of the molecule is C=C[C](C)c1cccc(Br)c1C1CC1. The summed E-state index contributed by atoms with van der Waals surface area (Å²) < 4.78 is 1.25. The topological polar surface area (TPSA) is 0 Å². The van der Waals surface area contributed by atoms with Crippen molar-refractivity contribution in [1.29, 1.82) is 0 Å². The molecule has 0 atom stereocenters. The molecule has 1 aromatic carbocycles. The molecule has 14 heavy (non-hydrogen) atoms. The highest BCUT2D eigenvalue weighted by atomic mass is 79.9. The van der Waals surface area contributed by atoms with Gasteiger partial charge in [0.2, 0.25) is 0 Å². The highest BCUT2D eigenvalue weighted by Crippen LogP contribution is 2.46. The monoisotopic (exact) mass is 249 g/mol. The summed E-state index contributed by atoms with van der Waals surface area (Å²) in [5.41, 5.74) is 2.83. The first kappa shape index (κ1) is 9.97. The fourth-order valence-corrected chi connectivity index (χ4v) is 2.47. The lowest BCUT2D eigenvalue weighted by Gasteiger charge is -2.13. The normalized spacial score (nSPS) is 15.9. The van der Waals surface area contributed by atoms with Crippen LogP contribution in [0.5, 0.6) is 0 Å². The Bertz CT molecular complexity index is 350. The van der Waals surface area contributed by atoms with Gasteiger partial charge in [-0.3, -0.25) is 0 Å². The first-order valence-electron chi connectivity index (χ1n) is 4.99. The molecule has 0 nitrogen and oxygen atoms in total.